The zero-order chi connectivity index (χ0) is 17.1. The highest BCUT2D eigenvalue weighted by atomic mass is 35.5. The number of rotatable bonds is 5. The highest BCUT2D eigenvalue weighted by Gasteiger charge is 2.16. The van der Waals surface area contributed by atoms with Crippen LogP contribution in [0.4, 0.5) is 5.82 Å². The first-order valence-electron chi connectivity index (χ1n) is 6.50. The summed E-state index contributed by atoms with van der Waals surface area (Å²) in [7, 11) is 1.61. The van der Waals surface area contributed by atoms with Crippen LogP contribution in [-0.4, -0.2) is 36.1 Å². The molecule has 0 fully saturated rings. The summed E-state index contributed by atoms with van der Waals surface area (Å²) in [4.78, 5) is 22.0. The van der Waals surface area contributed by atoms with E-state index < -0.39 is 10.8 Å². The summed E-state index contributed by atoms with van der Waals surface area (Å²) in [6.45, 7) is 3.57. The fourth-order valence-electron chi connectivity index (χ4n) is 1.75. The van der Waals surface area contributed by atoms with Crippen molar-refractivity contribution in [2.24, 2.45) is 12.1 Å². The number of carbonyl (C=O) groups is 1. The average Bonchev–Trinajstić information content (AvgIpc) is 3.00. The van der Waals surface area contributed by atoms with E-state index in [1.807, 2.05) is 0 Å². The number of hydrogen-bond acceptors (Lipinski definition) is 6. The van der Waals surface area contributed by atoms with E-state index in [1.165, 1.54) is 21.5 Å². The fourth-order valence-corrected chi connectivity index (χ4v) is 1.89. The van der Waals surface area contributed by atoms with E-state index in [0.717, 1.165) is 0 Å². The number of hydrogen-bond donors (Lipinski definition) is 1. The van der Waals surface area contributed by atoms with Crippen molar-refractivity contribution in [1.29, 1.82) is 0 Å². The molecule has 11 heteroatoms. The van der Waals surface area contributed by atoms with Gasteiger partial charge in [-0.05, 0) is 18.8 Å². The molecular formula is C12H14ClN7O3. The van der Waals surface area contributed by atoms with E-state index in [1.54, 1.807) is 20.9 Å². The SMILES string of the molecule is C/C(Cn1nc([N+](=O)[O-])cc1C)=N\NC(=O)c1cc(Cl)n(C)n1. The molecule has 10 nitrogen and oxygen atoms in total. The fraction of sp³-hybridized carbons (Fsp3) is 0.333. The summed E-state index contributed by atoms with van der Waals surface area (Å²) in [5.74, 6) is -0.738. The van der Waals surface area contributed by atoms with Crippen molar-refractivity contribution >= 4 is 29.0 Å². The molecule has 23 heavy (non-hydrogen) atoms. The number of aryl methyl sites for hydroxylation is 2. The Morgan fingerprint density at radius 3 is 2.70 bits per heavy atom. The van der Waals surface area contributed by atoms with Gasteiger partial charge in [-0.1, -0.05) is 11.6 Å². The molecule has 0 radical (unpaired) electrons. The first-order chi connectivity index (χ1) is 10.8. The van der Waals surface area contributed by atoms with Crippen molar-refractivity contribution in [2.45, 2.75) is 20.4 Å². The lowest BCUT2D eigenvalue weighted by atomic mass is 10.4. The van der Waals surface area contributed by atoms with E-state index in [9.17, 15) is 14.9 Å². The molecule has 2 heterocycles. The number of nitrogens with one attached hydrogen (secondary N) is 1. The number of amides is 1. The second kappa shape index (κ2) is 6.57. The summed E-state index contributed by atoms with van der Waals surface area (Å²) in [6.07, 6.45) is 0. The molecule has 0 atom stereocenters. The maximum Gasteiger partial charge on any atom is 0.390 e. The van der Waals surface area contributed by atoms with Gasteiger partial charge >= 0.3 is 5.82 Å². The van der Waals surface area contributed by atoms with Crippen LogP contribution >= 0.6 is 11.6 Å². The van der Waals surface area contributed by atoms with Crippen molar-refractivity contribution in [1.82, 2.24) is 25.0 Å². The maximum absolute atomic E-state index is 11.9. The topological polar surface area (TPSA) is 120 Å². The Morgan fingerprint density at radius 2 is 2.17 bits per heavy atom. The molecule has 1 amide bonds. The van der Waals surface area contributed by atoms with Crippen molar-refractivity contribution in [3.63, 3.8) is 0 Å². The second-order valence-corrected chi connectivity index (χ2v) is 5.21. The van der Waals surface area contributed by atoms with Crippen molar-refractivity contribution < 1.29 is 9.72 Å². The van der Waals surface area contributed by atoms with E-state index in [4.69, 9.17) is 11.6 Å². The van der Waals surface area contributed by atoms with Gasteiger partial charge in [-0.15, -0.1) is 0 Å². The van der Waals surface area contributed by atoms with Crippen LogP contribution in [-0.2, 0) is 13.6 Å². The van der Waals surface area contributed by atoms with Crippen LogP contribution in [0, 0.1) is 17.0 Å². The van der Waals surface area contributed by atoms with Crippen LogP contribution < -0.4 is 5.43 Å². The number of halogens is 1. The van der Waals surface area contributed by atoms with Gasteiger partial charge in [0.15, 0.2) is 5.69 Å². The summed E-state index contributed by atoms with van der Waals surface area (Å²) >= 11 is 5.81. The van der Waals surface area contributed by atoms with Crippen LogP contribution in [0.2, 0.25) is 5.15 Å². The molecule has 1 N–H and O–H groups in total. The molecule has 0 aliphatic heterocycles. The molecule has 0 bridgehead atoms. The van der Waals surface area contributed by atoms with Gasteiger partial charge in [0, 0.05) is 13.1 Å². The smallest absolute Gasteiger partial charge is 0.358 e. The Kier molecular flexibility index (Phi) is 4.74. The number of nitrogens with zero attached hydrogens (tertiary/aromatic N) is 6. The third kappa shape index (κ3) is 3.92. The van der Waals surface area contributed by atoms with Crippen molar-refractivity contribution in [2.75, 3.05) is 0 Å². The van der Waals surface area contributed by atoms with Crippen molar-refractivity contribution in [3.05, 3.63) is 38.8 Å². The summed E-state index contributed by atoms with van der Waals surface area (Å²) in [5.41, 5.74) is 3.62. The lowest BCUT2D eigenvalue weighted by Gasteiger charge is -2.01. The monoisotopic (exact) mass is 339 g/mol. The molecule has 2 aromatic rings. The summed E-state index contributed by atoms with van der Waals surface area (Å²) in [5, 5.41) is 22.7. The highest BCUT2D eigenvalue weighted by molar-refractivity contribution is 6.29. The average molecular weight is 340 g/mol. The van der Waals surface area contributed by atoms with Gasteiger partial charge in [-0.3, -0.25) is 9.48 Å². The number of hydrazone groups is 1. The molecule has 2 rings (SSSR count). The quantitative estimate of drug-likeness (QED) is 0.500. The Balaban J connectivity index is 2.03. The normalized spacial score (nSPS) is 11.6. The number of aromatic nitrogens is 4. The lowest BCUT2D eigenvalue weighted by molar-refractivity contribution is -0.389. The van der Waals surface area contributed by atoms with Crippen LogP contribution in [0.1, 0.15) is 23.1 Å². The minimum absolute atomic E-state index is 0.139. The van der Waals surface area contributed by atoms with Crippen LogP contribution in [0.3, 0.4) is 0 Å². The maximum atomic E-state index is 11.9. The lowest BCUT2D eigenvalue weighted by Crippen LogP contribution is -2.21. The molecule has 0 aromatic carbocycles. The van der Waals surface area contributed by atoms with Crippen LogP contribution in [0.5, 0.6) is 0 Å². The van der Waals surface area contributed by atoms with E-state index >= 15 is 0 Å². The zero-order valence-corrected chi connectivity index (χ0v) is 13.4. The first kappa shape index (κ1) is 16.6. The third-order valence-electron chi connectivity index (χ3n) is 2.94. The van der Waals surface area contributed by atoms with Gasteiger partial charge < -0.3 is 10.1 Å². The van der Waals surface area contributed by atoms with Crippen LogP contribution in [0.25, 0.3) is 0 Å². The zero-order valence-electron chi connectivity index (χ0n) is 12.6. The van der Waals surface area contributed by atoms with Crippen molar-refractivity contribution in [3.8, 4) is 0 Å². The van der Waals surface area contributed by atoms with Gasteiger partial charge in [-0.25, -0.2) is 5.43 Å². The van der Waals surface area contributed by atoms with Gasteiger partial charge in [0.05, 0.1) is 22.6 Å². The summed E-state index contributed by atoms with van der Waals surface area (Å²) < 4.78 is 2.79. The second-order valence-electron chi connectivity index (χ2n) is 4.82. The molecule has 0 spiro atoms. The minimum Gasteiger partial charge on any atom is -0.358 e. The predicted molar refractivity (Wildman–Crippen MR) is 82.4 cm³/mol. The number of carbonyl (C=O) groups excluding carboxylic acids is 1. The third-order valence-corrected chi connectivity index (χ3v) is 3.29. The molecular weight excluding hydrogens is 326 g/mol. The molecule has 0 unspecified atom stereocenters. The minimum atomic E-state index is -0.567. The van der Waals surface area contributed by atoms with E-state index in [-0.39, 0.29) is 18.1 Å². The Hall–Kier alpha value is -2.75. The molecule has 122 valence electrons. The van der Waals surface area contributed by atoms with Gasteiger partial charge in [0.25, 0.3) is 5.91 Å². The Morgan fingerprint density at radius 1 is 1.48 bits per heavy atom. The Labute approximate surface area is 135 Å². The van der Waals surface area contributed by atoms with Gasteiger partial charge in [-0.2, -0.15) is 14.9 Å². The van der Waals surface area contributed by atoms with E-state index in [2.05, 4.69) is 20.7 Å². The molecule has 2 aromatic heterocycles. The summed E-state index contributed by atoms with van der Waals surface area (Å²) in [6, 6.07) is 2.78. The molecule has 0 saturated carbocycles. The first-order valence-corrected chi connectivity index (χ1v) is 6.87. The van der Waals surface area contributed by atoms with Gasteiger partial charge in [0.1, 0.15) is 11.7 Å². The predicted octanol–water partition coefficient (Wildman–Crippen LogP) is 1.29. The molecule has 0 aliphatic rings. The van der Waals surface area contributed by atoms with Crippen LogP contribution in [0.15, 0.2) is 17.2 Å². The Bertz CT molecular complexity index is 773. The molecule has 0 saturated heterocycles. The standard InChI is InChI=1S/C12H14ClN7O3/c1-7(6-19-8(2)4-11(17-19)20(22)23)14-15-12(21)9-5-10(13)18(3)16-9/h4-5H,6H2,1-3H3,(H,15,21)/b14-7+. The number of nitro groups is 1. The largest absolute Gasteiger partial charge is 0.390 e. The van der Waals surface area contributed by atoms with E-state index in [0.29, 0.717) is 16.6 Å². The molecule has 0 aliphatic carbocycles. The van der Waals surface area contributed by atoms with Gasteiger partial charge in [0.2, 0.25) is 0 Å². The highest BCUT2D eigenvalue weighted by Crippen LogP contribution is 2.11.